The number of allylic oxidation sites excluding steroid dienone is 3. The molecule has 2 atom stereocenters. The van der Waals surface area contributed by atoms with Gasteiger partial charge in [0.05, 0.1) is 13.2 Å². The van der Waals surface area contributed by atoms with Gasteiger partial charge < -0.3 is 14.9 Å². The van der Waals surface area contributed by atoms with E-state index < -0.39 is 6.29 Å². The number of aliphatic hydroxyl groups is 2. The Kier molecular flexibility index (Phi) is 4.00. The van der Waals surface area contributed by atoms with Gasteiger partial charge in [0.25, 0.3) is 0 Å². The SMILES string of the molecule is OCC(O)OCC1C=CC=CC1. The van der Waals surface area contributed by atoms with Crippen LogP contribution in [0.25, 0.3) is 0 Å². The first-order valence-corrected chi connectivity index (χ1v) is 4.07. The van der Waals surface area contributed by atoms with Crippen LogP contribution in [0, 0.1) is 5.92 Å². The van der Waals surface area contributed by atoms with Crippen molar-refractivity contribution in [3.63, 3.8) is 0 Å². The molecule has 3 nitrogen and oxygen atoms in total. The molecule has 3 heteroatoms. The Hall–Kier alpha value is -0.640. The van der Waals surface area contributed by atoms with Crippen LogP contribution >= 0.6 is 0 Å². The Morgan fingerprint density at radius 1 is 1.50 bits per heavy atom. The molecular formula is C9H14O3. The minimum Gasteiger partial charge on any atom is -0.391 e. The summed E-state index contributed by atoms with van der Waals surface area (Å²) in [5, 5.41) is 17.3. The summed E-state index contributed by atoms with van der Waals surface area (Å²) in [4.78, 5) is 0. The number of ether oxygens (including phenoxy) is 1. The van der Waals surface area contributed by atoms with Gasteiger partial charge in [-0.15, -0.1) is 0 Å². The lowest BCUT2D eigenvalue weighted by Crippen LogP contribution is -2.20. The number of hydrogen-bond acceptors (Lipinski definition) is 3. The molecule has 0 bridgehead atoms. The van der Waals surface area contributed by atoms with Crippen molar-refractivity contribution >= 4 is 0 Å². The number of hydrogen-bond donors (Lipinski definition) is 2. The first-order chi connectivity index (χ1) is 5.83. The van der Waals surface area contributed by atoms with Gasteiger partial charge in [0, 0.05) is 5.92 Å². The van der Waals surface area contributed by atoms with Gasteiger partial charge in [-0.25, -0.2) is 0 Å². The fraction of sp³-hybridized carbons (Fsp3) is 0.556. The van der Waals surface area contributed by atoms with Crippen LogP contribution in [0.15, 0.2) is 24.3 Å². The highest BCUT2D eigenvalue weighted by molar-refractivity contribution is 5.10. The number of aliphatic hydroxyl groups excluding tert-OH is 2. The average molecular weight is 170 g/mol. The first kappa shape index (κ1) is 9.45. The zero-order valence-corrected chi connectivity index (χ0v) is 6.89. The van der Waals surface area contributed by atoms with Crippen LogP contribution in [-0.4, -0.2) is 29.7 Å². The van der Waals surface area contributed by atoms with Crippen LogP contribution in [0.2, 0.25) is 0 Å². The number of rotatable bonds is 4. The third kappa shape index (κ3) is 3.17. The van der Waals surface area contributed by atoms with Crippen LogP contribution in [0.5, 0.6) is 0 Å². The minimum atomic E-state index is -1.04. The molecule has 0 amide bonds. The highest BCUT2D eigenvalue weighted by Gasteiger charge is 2.08. The molecule has 1 aliphatic carbocycles. The Bertz CT molecular complexity index is 175. The fourth-order valence-electron chi connectivity index (χ4n) is 1.04. The van der Waals surface area contributed by atoms with Crippen molar-refractivity contribution in [2.45, 2.75) is 12.7 Å². The summed E-state index contributed by atoms with van der Waals surface area (Å²) in [6, 6.07) is 0. The summed E-state index contributed by atoms with van der Waals surface area (Å²) in [6.45, 7) is 0.120. The second kappa shape index (κ2) is 5.09. The van der Waals surface area contributed by atoms with E-state index in [0.717, 1.165) is 6.42 Å². The molecule has 0 aromatic heterocycles. The maximum absolute atomic E-state index is 8.87. The molecule has 0 aliphatic heterocycles. The van der Waals surface area contributed by atoms with Crippen LogP contribution in [0.1, 0.15) is 6.42 Å². The molecule has 0 aromatic carbocycles. The molecule has 2 N–H and O–H groups in total. The Labute approximate surface area is 72.0 Å². The maximum atomic E-state index is 8.87. The van der Waals surface area contributed by atoms with Gasteiger partial charge in [0.15, 0.2) is 6.29 Å². The zero-order chi connectivity index (χ0) is 8.81. The Morgan fingerprint density at radius 2 is 2.33 bits per heavy atom. The monoisotopic (exact) mass is 170 g/mol. The van der Waals surface area contributed by atoms with Crippen molar-refractivity contribution in [3.05, 3.63) is 24.3 Å². The summed E-state index contributed by atoms with van der Waals surface area (Å²) in [7, 11) is 0. The Balaban J connectivity index is 2.15. The van der Waals surface area contributed by atoms with Gasteiger partial charge in [-0.3, -0.25) is 0 Å². The van der Waals surface area contributed by atoms with Crippen molar-refractivity contribution in [1.82, 2.24) is 0 Å². The lowest BCUT2D eigenvalue weighted by molar-refractivity contribution is -0.129. The van der Waals surface area contributed by atoms with Gasteiger partial charge >= 0.3 is 0 Å². The summed E-state index contributed by atoms with van der Waals surface area (Å²) in [5.74, 6) is 0.330. The third-order valence-corrected chi connectivity index (χ3v) is 1.73. The van der Waals surface area contributed by atoms with E-state index in [2.05, 4.69) is 6.08 Å². The van der Waals surface area contributed by atoms with E-state index in [1.54, 1.807) is 0 Å². The van der Waals surface area contributed by atoms with Gasteiger partial charge in [-0.2, -0.15) is 0 Å². The molecule has 12 heavy (non-hydrogen) atoms. The lowest BCUT2D eigenvalue weighted by Gasteiger charge is -2.15. The standard InChI is InChI=1S/C9H14O3/c10-6-9(11)12-7-8-4-2-1-3-5-8/h1-4,8-11H,5-7H2. The van der Waals surface area contributed by atoms with E-state index in [9.17, 15) is 0 Å². The van der Waals surface area contributed by atoms with Crippen molar-refractivity contribution < 1.29 is 14.9 Å². The molecule has 0 saturated heterocycles. The molecule has 1 rings (SSSR count). The molecule has 2 unspecified atom stereocenters. The van der Waals surface area contributed by atoms with Crippen LogP contribution in [0.4, 0.5) is 0 Å². The molecule has 1 aliphatic rings. The lowest BCUT2D eigenvalue weighted by atomic mass is 10.0. The molecule has 68 valence electrons. The van der Waals surface area contributed by atoms with E-state index in [-0.39, 0.29) is 6.61 Å². The fourth-order valence-corrected chi connectivity index (χ4v) is 1.04. The highest BCUT2D eigenvalue weighted by atomic mass is 16.6. The quantitative estimate of drug-likeness (QED) is 0.602. The summed E-state index contributed by atoms with van der Waals surface area (Å²) >= 11 is 0. The molecule has 0 spiro atoms. The van der Waals surface area contributed by atoms with E-state index in [1.165, 1.54) is 0 Å². The molecule has 0 aromatic rings. The molecule has 0 saturated carbocycles. The minimum absolute atomic E-state index is 0.330. The maximum Gasteiger partial charge on any atom is 0.177 e. The van der Waals surface area contributed by atoms with Gasteiger partial charge in [-0.1, -0.05) is 24.3 Å². The molecular weight excluding hydrogens is 156 g/mol. The van der Waals surface area contributed by atoms with Gasteiger partial charge in [0.1, 0.15) is 0 Å². The first-order valence-electron chi connectivity index (χ1n) is 4.07. The normalized spacial score (nSPS) is 24.3. The highest BCUT2D eigenvalue weighted by Crippen LogP contribution is 2.11. The predicted molar refractivity (Wildman–Crippen MR) is 45.4 cm³/mol. The van der Waals surface area contributed by atoms with E-state index in [1.807, 2.05) is 18.2 Å². The van der Waals surface area contributed by atoms with Crippen LogP contribution in [-0.2, 0) is 4.74 Å². The van der Waals surface area contributed by atoms with Gasteiger partial charge in [-0.05, 0) is 6.42 Å². The largest absolute Gasteiger partial charge is 0.391 e. The second-order valence-corrected chi connectivity index (χ2v) is 2.78. The molecule has 0 radical (unpaired) electrons. The average Bonchev–Trinajstić information content (AvgIpc) is 2.16. The van der Waals surface area contributed by atoms with Crippen molar-refractivity contribution in [3.8, 4) is 0 Å². The molecule has 0 heterocycles. The van der Waals surface area contributed by atoms with Crippen molar-refractivity contribution in [2.24, 2.45) is 5.92 Å². The van der Waals surface area contributed by atoms with E-state index in [4.69, 9.17) is 14.9 Å². The Morgan fingerprint density at radius 3 is 2.92 bits per heavy atom. The summed E-state index contributed by atoms with van der Waals surface area (Å²) < 4.78 is 4.95. The predicted octanol–water partition coefficient (Wildman–Crippen LogP) is 0.446. The third-order valence-electron chi connectivity index (χ3n) is 1.73. The van der Waals surface area contributed by atoms with Crippen LogP contribution < -0.4 is 0 Å². The van der Waals surface area contributed by atoms with E-state index in [0.29, 0.717) is 12.5 Å². The van der Waals surface area contributed by atoms with Crippen LogP contribution in [0.3, 0.4) is 0 Å². The second-order valence-electron chi connectivity index (χ2n) is 2.78. The van der Waals surface area contributed by atoms with Crippen molar-refractivity contribution in [2.75, 3.05) is 13.2 Å². The van der Waals surface area contributed by atoms with E-state index >= 15 is 0 Å². The van der Waals surface area contributed by atoms with Crippen molar-refractivity contribution in [1.29, 1.82) is 0 Å². The smallest absolute Gasteiger partial charge is 0.177 e. The topological polar surface area (TPSA) is 49.7 Å². The van der Waals surface area contributed by atoms with Gasteiger partial charge in [0.2, 0.25) is 0 Å². The summed E-state index contributed by atoms with van der Waals surface area (Å²) in [6.07, 6.45) is 7.93. The molecule has 0 fully saturated rings. The zero-order valence-electron chi connectivity index (χ0n) is 6.89. The summed E-state index contributed by atoms with van der Waals surface area (Å²) in [5.41, 5.74) is 0.